The van der Waals surface area contributed by atoms with Crippen molar-refractivity contribution in [2.24, 2.45) is 0 Å². The van der Waals surface area contributed by atoms with Crippen LogP contribution in [0.2, 0.25) is 10.0 Å². The van der Waals surface area contributed by atoms with Crippen molar-refractivity contribution in [3.8, 4) is 17.6 Å². The average molecular weight is 580 g/mol. The first-order valence-corrected chi connectivity index (χ1v) is 13.3. The molecule has 11 heteroatoms. The van der Waals surface area contributed by atoms with E-state index in [0.717, 1.165) is 5.56 Å². The molecule has 8 nitrogen and oxygen atoms in total. The number of carbonyl (C=O) groups excluding carboxylic acids is 1. The highest BCUT2D eigenvalue weighted by Gasteiger charge is 2.17. The molecule has 1 aromatic heterocycles. The largest absolute Gasteiger partial charge is 0.493 e. The van der Waals surface area contributed by atoms with Crippen LogP contribution < -0.4 is 20.1 Å². The number of halogens is 2. The summed E-state index contributed by atoms with van der Waals surface area (Å²) in [5.41, 5.74) is 3.48. The van der Waals surface area contributed by atoms with Gasteiger partial charge in [0, 0.05) is 23.2 Å². The second kappa shape index (κ2) is 12.7. The van der Waals surface area contributed by atoms with Gasteiger partial charge < -0.3 is 20.1 Å². The topological polar surface area (TPSA) is 109 Å². The maximum Gasteiger partial charge on any atom is 0.234 e. The molecule has 0 aliphatic rings. The van der Waals surface area contributed by atoms with Crippen molar-refractivity contribution in [2.45, 2.75) is 12.1 Å². The summed E-state index contributed by atoms with van der Waals surface area (Å²) in [5.74, 6) is 1.29. The molecule has 1 amide bonds. The Kier molecular flexibility index (Phi) is 9.15. The van der Waals surface area contributed by atoms with Crippen LogP contribution in [-0.4, -0.2) is 35.8 Å². The van der Waals surface area contributed by atoms with Crippen LogP contribution in [0.3, 0.4) is 0 Å². The Hall–Kier alpha value is -3.97. The molecular formula is C28H23Cl2N5O3S. The second-order valence-corrected chi connectivity index (χ2v) is 9.99. The number of hydrogen-bond donors (Lipinski definition) is 2. The van der Waals surface area contributed by atoms with Crippen LogP contribution in [0.15, 0.2) is 59.8 Å². The van der Waals surface area contributed by atoms with Crippen LogP contribution in [0.5, 0.6) is 11.5 Å². The zero-order chi connectivity index (χ0) is 27.9. The van der Waals surface area contributed by atoms with Crippen molar-refractivity contribution >= 4 is 75.0 Å². The van der Waals surface area contributed by atoms with Crippen LogP contribution in [0.25, 0.3) is 17.0 Å². The van der Waals surface area contributed by atoms with Gasteiger partial charge in [-0.2, -0.15) is 5.26 Å². The van der Waals surface area contributed by atoms with Gasteiger partial charge in [0.15, 0.2) is 16.7 Å². The van der Waals surface area contributed by atoms with Crippen molar-refractivity contribution in [2.75, 3.05) is 30.6 Å². The third kappa shape index (κ3) is 6.92. The molecule has 4 rings (SSSR count). The summed E-state index contributed by atoms with van der Waals surface area (Å²) < 4.78 is 10.9. The number of nitriles is 1. The standard InChI is InChI=1S/C28H23Cl2N5O3S/c1-16-6-8-18(9-7-16)32-25(36)15-39-28-33-22-14-24(38-3)23(37-2)13-19(22)27(35-28)34-26-20(29)11-17(5-4-10-31)12-21(26)30/h4-9,11-14H,15H2,1-3H3,(H,32,36)(H,33,34,35)/b5-4+. The molecule has 0 unspecified atom stereocenters. The van der Waals surface area contributed by atoms with Gasteiger partial charge in [0.1, 0.15) is 5.82 Å². The van der Waals surface area contributed by atoms with E-state index in [4.69, 9.17) is 37.9 Å². The molecule has 0 radical (unpaired) electrons. The Labute approximate surface area is 240 Å². The lowest BCUT2D eigenvalue weighted by Crippen LogP contribution is -2.14. The van der Waals surface area contributed by atoms with Gasteiger partial charge in [0.2, 0.25) is 5.91 Å². The second-order valence-electron chi connectivity index (χ2n) is 8.23. The zero-order valence-electron chi connectivity index (χ0n) is 21.2. The summed E-state index contributed by atoms with van der Waals surface area (Å²) in [7, 11) is 3.08. The van der Waals surface area contributed by atoms with E-state index in [2.05, 4.69) is 20.6 Å². The fourth-order valence-electron chi connectivity index (χ4n) is 3.62. The molecule has 3 aromatic carbocycles. The minimum atomic E-state index is -0.193. The molecule has 1 heterocycles. The van der Waals surface area contributed by atoms with Gasteiger partial charge in [-0.05, 0) is 48.9 Å². The predicted octanol–water partition coefficient (Wildman–Crippen LogP) is 7.27. The number of nitrogens with zero attached hydrogens (tertiary/aromatic N) is 3. The van der Waals surface area contributed by atoms with Gasteiger partial charge in [0.25, 0.3) is 0 Å². The first-order valence-electron chi connectivity index (χ1n) is 11.6. The quantitative estimate of drug-likeness (QED) is 0.121. The molecular weight excluding hydrogens is 557 g/mol. The van der Waals surface area contributed by atoms with Crippen molar-refractivity contribution in [3.63, 3.8) is 0 Å². The third-order valence-electron chi connectivity index (χ3n) is 5.51. The summed E-state index contributed by atoms with van der Waals surface area (Å²) in [6, 6.07) is 16.3. The Balaban J connectivity index is 1.68. The summed E-state index contributed by atoms with van der Waals surface area (Å²) in [6.07, 6.45) is 2.94. The van der Waals surface area contributed by atoms with Crippen molar-refractivity contribution < 1.29 is 14.3 Å². The van der Waals surface area contributed by atoms with Crippen LogP contribution in [0.4, 0.5) is 17.2 Å². The highest BCUT2D eigenvalue weighted by Crippen LogP contribution is 2.39. The van der Waals surface area contributed by atoms with Crippen molar-refractivity contribution in [3.05, 3.63) is 75.8 Å². The number of amides is 1. The third-order valence-corrected chi connectivity index (χ3v) is 6.95. The molecule has 0 saturated carbocycles. The average Bonchev–Trinajstić information content (AvgIpc) is 2.93. The maximum atomic E-state index is 12.6. The van der Waals surface area contributed by atoms with E-state index in [1.54, 1.807) is 30.3 Å². The highest BCUT2D eigenvalue weighted by atomic mass is 35.5. The number of nitrogens with one attached hydrogen (secondary N) is 2. The Bertz CT molecular complexity index is 1580. The number of aromatic nitrogens is 2. The van der Waals surface area contributed by atoms with Crippen molar-refractivity contribution in [1.29, 1.82) is 5.26 Å². The van der Waals surface area contributed by atoms with E-state index < -0.39 is 0 Å². The number of thioether (sulfide) groups is 1. The van der Waals surface area contributed by atoms with E-state index >= 15 is 0 Å². The minimum Gasteiger partial charge on any atom is -0.493 e. The number of anilines is 3. The number of benzene rings is 3. The minimum absolute atomic E-state index is 0.0908. The van der Waals surface area contributed by atoms with Crippen LogP contribution in [0.1, 0.15) is 11.1 Å². The number of rotatable bonds is 9. The van der Waals surface area contributed by atoms with Gasteiger partial charge in [-0.1, -0.05) is 52.7 Å². The lowest BCUT2D eigenvalue weighted by Gasteiger charge is -2.15. The molecule has 0 aliphatic heterocycles. The molecule has 198 valence electrons. The number of hydrogen-bond acceptors (Lipinski definition) is 8. The van der Waals surface area contributed by atoms with E-state index in [0.29, 0.717) is 60.4 Å². The summed E-state index contributed by atoms with van der Waals surface area (Å²) in [4.78, 5) is 21.9. The van der Waals surface area contributed by atoms with Crippen LogP contribution >= 0.6 is 35.0 Å². The van der Waals surface area contributed by atoms with Crippen LogP contribution in [0, 0.1) is 18.3 Å². The molecule has 4 aromatic rings. The fourth-order valence-corrected chi connectivity index (χ4v) is 4.87. The number of aryl methyl sites for hydroxylation is 1. The Morgan fingerprint density at radius 1 is 1.05 bits per heavy atom. The van der Waals surface area contributed by atoms with E-state index in [-0.39, 0.29) is 11.7 Å². The van der Waals surface area contributed by atoms with Gasteiger partial charge in [-0.3, -0.25) is 4.79 Å². The van der Waals surface area contributed by atoms with Gasteiger partial charge in [-0.25, -0.2) is 9.97 Å². The monoisotopic (exact) mass is 579 g/mol. The highest BCUT2D eigenvalue weighted by molar-refractivity contribution is 7.99. The summed E-state index contributed by atoms with van der Waals surface area (Å²) >= 11 is 14.3. The lowest BCUT2D eigenvalue weighted by molar-refractivity contribution is -0.113. The lowest BCUT2D eigenvalue weighted by atomic mass is 10.1. The first-order chi connectivity index (χ1) is 18.8. The van der Waals surface area contributed by atoms with Gasteiger partial charge in [-0.15, -0.1) is 0 Å². The van der Waals surface area contributed by atoms with Gasteiger partial charge in [0.05, 0.1) is 47.3 Å². The van der Waals surface area contributed by atoms with E-state index in [1.165, 1.54) is 32.1 Å². The molecule has 39 heavy (non-hydrogen) atoms. The number of methoxy groups -OCH3 is 2. The van der Waals surface area contributed by atoms with Gasteiger partial charge >= 0.3 is 0 Å². The number of ether oxygens (including phenoxy) is 2. The molecule has 0 aliphatic carbocycles. The normalized spacial score (nSPS) is 10.9. The number of allylic oxidation sites excluding steroid dienone is 1. The first kappa shape index (κ1) is 28.0. The molecule has 0 fully saturated rings. The van der Waals surface area contributed by atoms with E-state index in [9.17, 15) is 4.79 Å². The molecule has 0 atom stereocenters. The fraction of sp³-hybridized carbons (Fsp3) is 0.143. The molecule has 0 spiro atoms. The van der Waals surface area contributed by atoms with E-state index in [1.807, 2.05) is 37.3 Å². The maximum absolute atomic E-state index is 12.6. The summed E-state index contributed by atoms with van der Waals surface area (Å²) in [5, 5.41) is 16.5. The molecule has 0 bridgehead atoms. The van der Waals surface area contributed by atoms with Crippen LogP contribution in [-0.2, 0) is 4.79 Å². The summed E-state index contributed by atoms with van der Waals surface area (Å²) in [6.45, 7) is 1.98. The van der Waals surface area contributed by atoms with Crippen molar-refractivity contribution in [1.82, 2.24) is 9.97 Å². The number of fused-ring (bicyclic) bond motifs is 1. The Morgan fingerprint density at radius 2 is 1.72 bits per heavy atom. The zero-order valence-corrected chi connectivity index (χ0v) is 23.5. The Morgan fingerprint density at radius 3 is 2.36 bits per heavy atom. The predicted molar refractivity (Wildman–Crippen MR) is 158 cm³/mol. The smallest absolute Gasteiger partial charge is 0.234 e. The number of carbonyl (C=O) groups is 1. The SMILES string of the molecule is COc1cc2nc(SCC(=O)Nc3ccc(C)cc3)nc(Nc3c(Cl)cc(/C=C/C#N)cc3Cl)c2cc1OC. The molecule has 2 N–H and O–H groups in total. The molecule has 0 saturated heterocycles.